The molecule has 0 bridgehead atoms. The molecule has 0 aliphatic carbocycles. The van der Waals surface area contributed by atoms with E-state index >= 15 is 0 Å². The van der Waals surface area contributed by atoms with Crippen molar-refractivity contribution in [3.05, 3.63) is 23.4 Å². The van der Waals surface area contributed by atoms with E-state index in [4.69, 9.17) is 5.73 Å². The zero-order valence-corrected chi connectivity index (χ0v) is 9.83. The number of pyridine rings is 1. The number of nitrogens with zero attached hydrogens (tertiary/aromatic N) is 1. The zero-order valence-electron chi connectivity index (χ0n) is 8.19. The lowest BCUT2D eigenvalue weighted by Gasteiger charge is -2.23. The normalized spacial score (nSPS) is 18.4. The maximum absolute atomic E-state index is 5.91. The highest BCUT2D eigenvalue weighted by molar-refractivity contribution is 8.16. The molecule has 0 radical (unpaired) electrons. The van der Waals surface area contributed by atoms with Crippen LogP contribution in [0.1, 0.15) is 22.1 Å². The highest BCUT2D eigenvalue weighted by Gasteiger charge is 2.20. The van der Waals surface area contributed by atoms with Crippen LogP contribution in [0.4, 0.5) is 5.82 Å². The van der Waals surface area contributed by atoms with Crippen molar-refractivity contribution in [1.82, 2.24) is 4.98 Å². The summed E-state index contributed by atoms with van der Waals surface area (Å²) in [5.74, 6) is 3.19. The minimum absolute atomic E-state index is 0.498. The first-order valence-electron chi connectivity index (χ1n) is 4.73. The Hall–Kier alpha value is -0.350. The Morgan fingerprint density at radius 1 is 1.43 bits per heavy atom. The van der Waals surface area contributed by atoms with Crippen molar-refractivity contribution in [2.45, 2.75) is 17.9 Å². The third-order valence-electron chi connectivity index (χ3n) is 2.30. The van der Waals surface area contributed by atoms with Gasteiger partial charge in [0.25, 0.3) is 0 Å². The molecule has 1 aliphatic rings. The van der Waals surface area contributed by atoms with E-state index in [1.54, 1.807) is 6.20 Å². The van der Waals surface area contributed by atoms with Gasteiger partial charge < -0.3 is 5.73 Å². The van der Waals surface area contributed by atoms with Gasteiger partial charge in [0.05, 0.1) is 4.58 Å². The second-order valence-corrected chi connectivity index (χ2v) is 6.08. The Kier molecular flexibility index (Phi) is 3.23. The third kappa shape index (κ3) is 2.01. The summed E-state index contributed by atoms with van der Waals surface area (Å²) >= 11 is 3.98. The molecule has 2 heterocycles. The van der Waals surface area contributed by atoms with Gasteiger partial charge in [-0.15, -0.1) is 23.5 Å². The minimum atomic E-state index is 0.498. The molecule has 0 saturated carbocycles. The number of rotatable bonds is 1. The summed E-state index contributed by atoms with van der Waals surface area (Å²) in [4.78, 5) is 4.17. The summed E-state index contributed by atoms with van der Waals surface area (Å²) in [6.45, 7) is 2.11. The number of hydrogen-bond donors (Lipinski definition) is 1. The maximum Gasteiger partial charge on any atom is 0.128 e. The van der Waals surface area contributed by atoms with Crippen LogP contribution >= 0.6 is 23.5 Å². The zero-order chi connectivity index (χ0) is 9.97. The molecule has 1 saturated heterocycles. The van der Waals surface area contributed by atoms with E-state index in [0.29, 0.717) is 10.4 Å². The first-order chi connectivity index (χ1) is 6.79. The highest BCUT2D eigenvalue weighted by Crippen LogP contribution is 2.46. The fourth-order valence-electron chi connectivity index (χ4n) is 1.55. The lowest BCUT2D eigenvalue weighted by atomic mass is 10.2. The van der Waals surface area contributed by atoms with Crippen LogP contribution in [-0.2, 0) is 0 Å². The molecule has 1 aromatic rings. The van der Waals surface area contributed by atoms with E-state index in [9.17, 15) is 0 Å². The van der Waals surface area contributed by atoms with Crippen molar-refractivity contribution in [3.8, 4) is 0 Å². The molecule has 1 fully saturated rings. The van der Waals surface area contributed by atoms with Gasteiger partial charge in [0, 0.05) is 11.8 Å². The summed E-state index contributed by atoms with van der Waals surface area (Å²) in [5.41, 5.74) is 8.42. The predicted octanol–water partition coefficient (Wildman–Crippen LogP) is 2.84. The third-order valence-corrected chi connectivity index (χ3v) is 5.24. The van der Waals surface area contributed by atoms with Gasteiger partial charge in [-0.05, 0) is 36.5 Å². The number of aromatic nitrogens is 1. The highest BCUT2D eigenvalue weighted by atomic mass is 32.2. The fourth-order valence-corrected chi connectivity index (χ4v) is 4.69. The van der Waals surface area contributed by atoms with Crippen LogP contribution in [0.2, 0.25) is 0 Å². The van der Waals surface area contributed by atoms with Gasteiger partial charge in [-0.25, -0.2) is 4.98 Å². The predicted molar refractivity (Wildman–Crippen MR) is 65.7 cm³/mol. The summed E-state index contributed by atoms with van der Waals surface area (Å²) in [5, 5.41) is 0. The first kappa shape index (κ1) is 10.2. The van der Waals surface area contributed by atoms with Crippen molar-refractivity contribution >= 4 is 29.3 Å². The lowest BCUT2D eigenvalue weighted by molar-refractivity contribution is 1.09. The standard InChI is InChI=1S/C10H14N2S2/c1-7-3-4-12-9(11)8(7)10-13-5-2-6-14-10/h3-4,10H,2,5-6H2,1H3,(H2,11,12). The number of nitrogen functional groups attached to an aromatic ring is 1. The van der Waals surface area contributed by atoms with Gasteiger partial charge in [0.15, 0.2) is 0 Å². The second-order valence-electron chi connectivity index (χ2n) is 3.35. The largest absolute Gasteiger partial charge is 0.383 e. The number of hydrogen-bond acceptors (Lipinski definition) is 4. The van der Waals surface area contributed by atoms with E-state index in [0.717, 1.165) is 0 Å². The van der Waals surface area contributed by atoms with Gasteiger partial charge in [-0.1, -0.05) is 0 Å². The SMILES string of the molecule is Cc1ccnc(N)c1C1SCCCS1. The van der Waals surface area contributed by atoms with Gasteiger partial charge in [-0.2, -0.15) is 0 Å². The number of nitrogens with two attached hydrogens (primary N) is 1. The van der Waals surface area contributed by atoms with Gasteiger partial charge in [0.2, 0.25) is 0 Å². The van der Waals surface area contributed by atoms with Crippen molar-refractivity contribution in [1.29, 1.82) is 0 Å². The van der Waals surface area contributed by atoms with Crippen LogP contribution in [0.3, 0.4) is 0 Å². The quantitative estimate of drug-likeness (QED) is 0.799. The lowest BCUT2D eigenvalue weighted by Crippen LogP contribution is -2.06. The van der Waals surface area contributed by atoms with Crippen LogP contribution in [-0.4, -0.2) is 16.5 Å². The summed E-state index contributed by atoms with van der Waals surface area (Å²) in [6.07, 6.45) is 3.09. The molecule has 14 heavy (non-hydrogen) atoms. The Morgan fingerprint density at radius 2 is 2.14 bits per heavy atom. The second kappa shape index (κ2) is 4.45. The van der Waals surface area contributed by atoms with Crippen molar-refractivity contribution < 1.29 is 0 Å². The van der Waals surface area contributed by atoms with E-state index in [1.807, 2.05) is 29.6 Å². The molecular formula is C10H14N2S2. The Labute approximate surface area is 93.1 Å². The molecule has 2 rings (SSSR count). The monoisotopic (exact) mass is 226 g/mol. The Balaban J connectivity index is 2.29. The summed E-state index contributed by atoms with van der Waals surface area (Å²) < 4.78 is 0.498. The maximum atomic E-state index is 5.91. The molecule has 4 heteroatoms. The van der Waals surface area contributed by atoms with Crippen LogP contribution in [0.25, 0.3) is 0 Å². The molecule has 0 aromatic carbocycles. The van der Waals surface area contributed by atoms with Crippen LogP contribution in [0, 0.1) is 6.92 Å². The minimum Gasteiger partial charge on any atom is -0.383 e. The van der Waals surface area contributed by atoms with E-state index in [1.165, 1.54) is 29.1 Å². The van der Waals surface area contributed by atoms with Crippen molar-refractivity contribution in [3.63, 3.8) is 0 Å². The molecule has 1 aliphatic heterocycles. The number of thioether (sulfide) groups is 2. The van der Waals surface area contributed by atoms with Crippen LogP contribution in [0.15, 0.2) is 12.3 Å². The van der Waals surface area contributed by atoms with Crippen LogP contribution < -0.4 is 5.73 Å². The van der Waals surface area contributed by atoms with E-state index in [-0.39, 0.29) is 0 Å². The topological polar surface area (TPSA) is 38.9 Å². The first-order valence-corrected chi connectivity index (χ1v) is 6.83. The molecule has 2 N–H and O–H groups in total. The number of anilines is 1. The smallest absolute Gasteiger partial charge is 0.128 e. The molecule has 0 atom stereocenters. The van der Waals surface area contributed by atoms with E-state index < -0.39 is 0 Å². The van der Waals surface area contributed by atoms with Gasteiger partial charge in [-0.3, -0.25) is 0 Å². The van der Waals surface area contributed by atoms with Crippen molar-refractivity contribution in [2.24, 2.45) is 0 Å². The molecule has 2 nitrogen and oxygen atoms in total. The Morgan fingerprint density at radius 3 is 2.79 bits per heavy atom. The average molecular weight is 226 g/mol. The van der Waals surface area contributed by atoms with Gasteiger partial charge >= 0.3 is 0 Å². The molecule has 0 spiro atoms. The number of aryl methyl sites for hydroxylation is 1. The molecule has 0 unspecified atom stereocenters. The molecular weight excluding hydrogens is 212 g/mol. The fraction of sp³-hybridized carbons (Fsp3) is 0.500. The summed E-state index contributed by atoms with van der Waals surface area (Å²) in [7, 11) is 0. The van der Waals surface area contributed by atoms with Crippen LogP contribution in [0.5, 0.6) is 0 Å². The molecule has 76 valence electrons. The summed E-state index contributed by atoms with van der Waals surface area (Å²) in [6, 6.07) is 2.04. The molecule has 1 aromatic heterocycles. The van der Waals surface area contributed by atoms with Crippen molar-refractivity contribution in [2.75, 3.05) is 17.2 Å². The average Bonchev–Trinajstić information content (AvgIpc) is 2.19. The van der Waals surface area contributed by atoms with E-state index in [2.05, 4.69) is 11.9 Å². The Bertz CT molecular complexity index is 302. The molecule has 0 amide bonds. The van der Waals surface area contributed by atoms with Gasteiger partial charge in [0.1, 0.15) is 5.82 Å².